The first kappa shape index (κ1) is 14.5. The molecule has 0 fully saturated rings. The second-order valence-corrected chi connectivity index (χ2v) is 4.77. The summed E-state index contributed by atoms with van der Waals surface area (Å²) in [6, 6.07) is 14.2. The Labute approximate surface area is 121 Å². The van der Waals surface area contributed by atoms with Gasteiger partial charge in [-0.25, -0.2) is 0 Å². The molecule has 0 aliphatic rings. The van der Waals surface area contributed by atoms with Crippen molar-refractivity contribution >= 4 is 0 Å². The van der Waals surface area contributed by atoms with E-state index in [2.05, 4.69) is 29.4 Å². The molecule has 3 heteroatoms. The Morgan fingerprint density at radius 3 is 2.60 bits per heavy atom. The Morgan fingerprint density at radius 1 is 1.05 bits per heavy atom. The predicted molar refractivity (Wildman–Crippen MR) is 81.6 cm³/mol. The molecule has 1 aromatic heterocycles. The summed E-state index contributed by atoms with van der Waals surface area (Å²) in [5.41, 5.74) is 2.32. The number of pyridine rings is 1. The number of rotatable bonds is 8. The summed E-state index contributed by atoms with van der Waals surface area (Å²) in [5, 5.41) is 3.39. The Hall–Kier alpha value is -1.87. The highest BCUT2D eigenvalue weighted by atomic mass is 16.5. The molecule has 1 heterocycles. The normalized spacial score (nSPS) is 10.4. The lowest BCUT2D eigenvalue weighted by molar-refractivity contribution is 0.309. The van der Waals surface area contributed by atoms with Gasteiger partial charge in [-0.05, 0) is 36.2 Å². The van der Waals surface area contributed by atoms with Crippen LogP contribution in [0.4, 0.5) is 0 Å². The van der Waals surface area contributed by atoms with Crippen LogP contribution < -0.4 is 10.1 Å². The third kappa shape index (κ3) is 5.02. The van der Waals surface area contributed by atoms with Gasteiger partial charge in [0.1, 0.15) is 5.75 Å². The van der Waals surface area contributed by atoms with Crippen LogP contribution in [0.1, 0.15) is 31.0 Å². The van der Waals surface area contributed by atoms with Gasteiger partial charge in [0, 0.05) is 19.3 Å². The van der Waals surface area contributed by atoms with E-state index in [0.29, 0.717) is 0 Å². The lowest BCUT2D eigenvalue weighted by Crippen LogP contribution is -2.13. The van der Waals surface area contributed by atoms with Crippen molar-refractivity contribution in [3.8, 4) is 5.75 Å². The number of nitrogens with zero attached hydrogens (tertiary/aromatic N) is 1. The molecule has 0 bridgehead atoms. The molecular weight excluding hydrogens is 248 g/mol. The summed E-state index contributed by atoms with van der Waals surface area (Å²) in [6.07, 6.45) is 4.09. The van der Waals surface area contributed by atoms with Gasteiger partial charge >= 0.3 is 0 Å². The fourth-order valence-electron chi connectivity index (χ4n) is 1.88. The predicted octanol–water partition coefficient (Wildman–Crippen LogP) is 3.55. The monoisotopic (exact) mass is 270 g/mol. The second kappa shape index (κ2) is 8.33. The van der Waals surface area contributed by atoms with Crippen molar-refractivity contribution in [3.63, 3.8) is 0 Å². The average molecular weight is 270 g/mol. The molecular formula is C17H22N2O. The minimum absolute atomic E-state index is 0.787. The maximum Gasteiger partial charge on any atom is 0.119 e. The zero-order chi connectivity index (χ0) is 14.0. The van der Waals surface area contributed by atoms with Crippen molar-refractivity contribution in [1.29, 1.82) is 0 Å². The zero-order valence-corrected chi connectivity index (χ0v) is 12.0. The van der Waals surface area contributed by atoms with Gasteiger partial charge in [0.25, 0.3) is 0 Å². The standard InChI is InChI=1S/C17H22N2O/c1-2-3-12-20-17-9-7-15(8-10-17)13-18-14-16-6-4-5-11-19-16/h4-11,18H,2-3,12-14H2,1H3. The molecule has 0 spiro atoms. The number of benzene rings is 1. The molecule has 0 saturated heterocycles. The highest BCUT2D eigenvalue weighted by Crippen LogP contribution is 2.12. The van der Waals surface area contributed by atoms with Crippen LogP contribution in [0.5, 0.6) is 5.75 Å². The summed E-state index contributed by atoms with van der Waals surface area (Å²) in [4.78, 5) is 4.28. The molecule has 0 radical (unpaired) electrons. The van der Waals surface area contributed by atoms with Gasteiger partial charge in [-0.1, -0.05) is 31.5 Å². The molecule has 2 rings (SSSR count). The van der Waals surface area contributed by atoms with Crippen molar-refractivity contribution in [2.45, 2.75) is 32.9 Å². The van der Waals surface area contributed by atoms with Gasteiger partial charge in [0.05, 0.1) is 12.3 Å². The van der Waals surface area contributed by atoms with Gasteiger partial charge in [-0.15, -0.1) is 0 Å². The molecule has 0 aliphatic heterocycles. The fourth-order valence-corrected chi connectivity index (χ4v) is 1.88. The van der Waals surface area contributed by atoms with Crippen LogP contribution in [0.25, 0.3) is 0 Å². The van der Waals surface area contributed by atoms with Gasteiger partial charge < -0.3 is 10.1 Å². The number of hydrogen-bond donors (Lipinski definition) is 1. The average Bonchev–Trinajstić information content (AvgIpc) is 2.50. The molecule has 0 amide bonds. The Balaban J connectivity index is 1.73. The van der Waals surface area contributed by atoms with Crippen LogP contribution in [0.15, 0.2) is 48.7 Å². The Bertz CT molecular complexity index is 482. The molecule has 1 N–H and O–H groups in total. The third-order valence-corrected chi connectivity index (χ3v) is 3.05. The summed E-state index contributed by atoms with van der Waals surface area (Å²) in [5.74, 6) is 0.951. The number of hydrogen-bond acceptors (Lipinski definition) is 3. The molecule has 2 aromatic rings. The van der Waals surface area contributed by atoms with E-state index in [1.54, 1.807) is 0 Å². The first-order valence-electron chi connectivity index (χ1n) is 7.21. The van der Waals surface area contributed by atoms with E-state index in [4.69, 9.17) is 4.74 Å². The summed E-state index contributed by atoms with van der Waals surface area (Å²) >= 11 is 0. The molecule has 3 nitrogen and oxygen atoms in total. The molecule has 20 heavy (non-hydrogen) atoms. The van der Waals surface area contributed by atoms with E-state index in [9.17, 15) is 0 Å². The zero-order valence-electron chi connectivity index (χ0n) is 12.0. The van der Waals surface area contributed by atoms with Gasteiger partial charge in [0.2, 0.25) is 0 Å². The van der Waals surface area contributed by atoms with Crippen LogP contribution >= 0.6 is 0 Å². The maximum atomic E-state index is 5.64. The topological polar surface area (TPSA) is 34.1 Å². The maximum absolute atomic E-state index is 5.64. The molecule has 0 unspecified atom stereocenters. The number of unbranched alkanes of at least 4 members (excludes halogenated alkanes) is 1. The Kier molecular flexibility index (Phi) is 6.06. The molecule has 106 valence electrons. The van der Waals surface area contributed by atoms with E-state index in [1.807, 2.05) is 36.5 Å². The van der Waals surface area contributed by atoms with Crippen molar-refractivity contribution in [1.82, 2.24) is 10.3 Å². The molecule has 0 atom stereocenters. The number of aromatic nitrogens is 1. The van der Waals surface area contributed by atoms with Crippen LogP contribution in [0, 0.1) is 0 Å². The van der Waals surface area contributed by atoms with Gasteiger partial charge in [-0.3, -0.25) is 4.98 Å². The van der Waals surface area contributed by atoms with Crippen LogP contribution in [0.2, 0.25) is 0 Å². The van der Waals surface area contributed by atoms with Crippen molar-refractivity contribution in [2.24, 2.45) is 0 Å². The second-order valence-electron chi connectivity index (χ2n) is 4.77. The van der Waals surface area contributed by atoms with Crippen molar-refractivity contribution < 1.29 is 4.74 Å². The van der Waals surface area contributed by atoms with Gasteiger partial charge in [-0.2, -0.15) is 0 Å². The smallest absolute Gasteiger partial charge is 0.119 e. The molecule has 1 aromatic carbocycles. The van der Waals surface area contributed by atoms with Gasteiger partial charge in [0.15, 0.2) is 0 Å². The quantitative estimate of drug-likeness (QED) is 0.745. The number of ether oxygens (including phenoxy) is 1. The minimum Gasteiger partial charge on any atom is -0.494 e. The largest absolute Gasteiger partial charge is 0.494 e. The van der Waals surface area contributed by atoms with E-state index < -0.39 is 0 Å². The van der Waals surface area contributed by atoms with Crippen LogP contribution in [-0.4, -0.2) is 11.6 Å². The first-order valence-corrected chi connectivity index (χ1v) is 7.21. The highest BCUT2D eigenvalue weighted by molar-refractivity contribution is 5.27. The van der Waals surface area contributed by atoms with E-state index in [0.717, 1.165) is 44.0 Å². The van der Waals surface area contributed by atoms with Crippen LogP contribution in [-0.2, 0) is 13.1 Å². The first-order chi connectivity index (χ1) is 9.88. The Morgan fingerprint density at radius 2 is 1.90 bits per heavy atom. The third-order valence-electron chi connectivity index (χ3n) is 3.05. The van der Waals surface area contributed by atoms with E-state index >= 15 is 0 Å². The van der Waals surface area contributed by atoms with Crippen molar-refractivity contribution in [3.05, 3.63) is 59.9 Å². The number of nitrogens with one attached hydrogen (secondary N) is 1. The highest BCUT2D eigenvalue weighted by Gasteiger charge is 1.97. The molecule has 0 saturated carbocycles. The summed E-state index contributed by atoms with van der Waals surface area (Å²) in [7, 11) is 0. The van der Waals surface area contributed by atoms with E-state index in [1.165, 1.54) is 5.56 Å². The van der Waals surface area contributed by atoms with E-state index in [-0.39, 0.29) is 0 Å². The summed E-state index contributed by atoms with van der Waals surface area (Å²) < 4.78 is 5.64. The summed E-state index contributed by atoms with van der Waals surface area (Å²) in [6.45, 7) is 4.59. The lowest BCUT2D eigenvalue weighted by atomic mass is 10.2. The minimum atomic E-state index is 0.787. The van der Waals surface area contributed by atoms with Crippen molar-refractivity contribution in [2.75, 3.05) is 6.61 Å². The van der Waals surface area contributed by atoms with Crippen LogP contribution in [0.3, 0.4) is 0 Å². The lowest BCUT2D eigenvalue weighted by Gasteiger charge is -2.07. The SMILES string of the molecule is CCCCOc1ccc(CNCc2ccccn2)cc1. The molecule has 0 aliphatic carbocycles. The fraction of sp³-hybridized carbons (Fsp3) is 0.353.